The van der Waals surface area contributed by atoms with Crippen molar-refractivity contribution >= 4 is 12.2 Å². The second-order valence-corrected chi connectivity index (χ2v) is 4.74. The van der Waals surface area contributed by atoms with E-state index in [2.05, 4.69) is 4.98 Å². The summed E-state index contributed by atoms with van der Waals surface area (Å²) in [5.74, 6) is 0. The Morgan fingerprint density at radius 2 is 1.83 bits per heavy atom. The molecule has 0 aliphatic heterocycles. The maximum Gasteiger partial charge on any atom is 0.418 e. The summed E-state index contributed by atoms with van der Waals surface area (Å²) < 4.78 is 39.3. The molecule has 0 spiro atoms. The summed E-state index contributed by atoms with van der Waals surface area (Å²) in [5, 5.41) is 8.90. The maximum atomic E-state index is 13.1. The molecule has 2 rings (SSSR count). The summed E-state index contributed by atoms with van der Waals surface area (Å²) in [7, 11) is 0. The molecule has 0 amide bonds. The molecular formula is C12H11F3N2S. The van der Waals surface area contributed by atoms with Crippen LogP contribution in [0.5, 0.6) is 0 Å². The molecule has 96 valence electrons. The van der Waals surface area contributed by atoms with Crippen molar-refractivity contribution in [1.29, 1.82) is 5.26 Å². The predicted octanol–water partition coefficient (Wildman–Crippen LogP) is 3.90. The number of halogens is 3. The second kappa shape index (κ2) is 4.73. The molecule has 1 aromatic heterocycles. The minimum Gasteiger partial charge on any atom is -0.349 e. The molecule has 0 bridgehead atoms. The average Bonchev–Trinajstić information content (AvgIpc) is 2.50. The number of aryl methyl sites for hydroxylation is 1. The first-order valence-electron chi connectivity index (χ1n) is 5.70. The third-order valence-corrected chi connectivity index (χ3v) is 3.46. The van der Waals surface area contributed by atoms with E-state index in [0.717, 1.165) is 12.8 Å². The van der Waals surface area contributed by atoms with Gasteiger partial charge in [0, 0.05) is 5.69 Å². The van der Waals surface area contributed by atoms with Crippen molar-refractivity contribution in [3.63, 3.8) is 0 Å². The Morgan fingerprint density at radius 1 is 1.17 bits per heavy atom. The third kappa shape index (κ3) is 2.27. The Hall–Kier alpha value is -1.35. The molecular weight excluding hydrogens is 261 g/mol. The van der Waals surface area contributed by atoms with Crippen LogP contribution in [0.4, 0.5) is 13.2 Å². The monoisotopic (exact) mass is 272 g/mol. The number of rotatable bonds is 0. The van der Waals surface area contributed by atoms with Gasteiger partial charge in [-0.25, -0.2) is 0 Å². The van der Waals surface area contributed by atoms with Crippen LogP contribution >= 0.6 is 12.2 Å². The van der Waals surface area contributed by atoms with Crippen molar-refractivity contribution in [2.75, 3.05) is 0 Å². The largest absolute Gasteiger partial charge is 0.418 e. The number of pyridine rings is 1. The van der Waals surface area contributed by atoms with E-state index in [9.17, 15) is 13.2 Å². The number of aromatic amines is 1. The van der Waals surface area contributed by atoms with Gasteiger partial charge in [0.05, 0.1) is 11.1 Å². The Balaban J connectivity index is 2.78. The minimum absolute atomic E-state index is 0.106. The van der Waals surface area contributed by atoms with E-state index in [1.807, 2.05) is 0 Å². The number of nitrogens with one attached hydrogen (secondary N) is 1. The van der Waals surface area contributed by atoms with Crippen molar-refractivity contribution < 1.29 is 13.2 Å². The van der Waals surface area contributed by atoms with Gasteiger partial charge in [-0.2, -0.15) is 18.4 Å². The third-order valence-electron chi connectivity index (χ3n) is 3.16. The van der Waals surface area contributed by atoms with E-state index in [-0.39, 0.29) is 10.2 Å². The number of nitriles is 1. The lowest BCUT2D eigenvalue weighted by molar-refractivity contribution is -0.138. The highest BCUT2D eigenvalue weighted by Gasteiger charge is 2.38. The van der Waals surface area contributed by atoms with Gasteiger partial charge in [0.2, 0.25) is 0 Å². The van der Waals surface area contributed by atoms with E-state index < -0.39 is 17.3 Å². The maximum absolute atomic E-state index is 13.1. The summed E-state index contributed by atoms with van der Waals surface area (Å²) in [6.07, 6.45) is -1.15. The molecule has 1 aliphatic rings. The van der Waals surface area contributed by atoms with E-state index in [1.165, 1.54) is 0 Å². The Kier molecular flexibility index (Phi) is 3.44. The summed E-state index contributed by atoms with van der Waals surface area (Å²) in [4.78, 5) is 2.79. The van der Waals surface area contributed by atoms with Gasteiger partial charge in [-0.1, -0.05) is 18.6 Å². The van der Waals surface area contributed by atoms with Crippen molar-refractivity contribution in [1.82, 2.24) is 4.98 Å². The van der Waals surface area contributed by atoms with Crippen LogP contribution < -0.4 is 0 Å². The molecule has 0 radical (unpaired) electrons. The molecule has 0 fully saturated rings. The molecule has 18 heavy (non-hydrogen) atoms. The Morgan fingerprint density at radius 3 is 2.44 bits per heavy atom. The van der Waals surface area contributed by atoms with E-state index in [0.29, 0.717) is 25.0 Å². The minimum atomic E-state index is -4.53. The quantitative estimate of drug-likeness (QED) is 0.574. The topological polar surface area (TPSA) is 39.6 Å². The summed E-state index contributed by atoms with van der Waals surface area (Å²) in [6, 6.07) is 1.59. The van der Waals surface area contributed by atoms with Crippen molar-refractivity contribution in [2.24, 2.45) is 0 Å². The van der Waals surface area contributed by atoms with Crippen molar-refractivity contribution in [2.45, 2.75) is 38.3 Å². The fourth-order valence-corrected chi connectivity index (χ4v) is 2.65. The lowest BCUT2D eigenvalue weighted by atomic mass is 9.97. The van der Waals surface area contributed by atoms with Gasteiger partial charge in [-0.15, -0.1) is 0 Å². The second-order valence-electron chi connectivity index (χ2n) is 4.33. The first-order chi connectivity index (χ1) is 8.45. The smallest absolute Gasteiger partial charge is 0.349 e. The van der Waals surface area contributed by atoms with Gasteiger partial charge >= 0.3 is 6.18 Å². The lowest BCUT2D eigenvalue weighted by Gasteiger charge is -2.16. The number of hydrogen-bond acceptors (Lipinski definition) is 2. The van der Waals surface area contributed by atoms with Crippen LogP contribution in [0.1, 0.15) is 41.6 Å². The van der Waals surface area contributed by atoms with Crippen LogP contribution in [0.3, 0.4) is 0 Å². The first kappa shape index (κ1) is 13.1. The summed E-state index contributed by atoms with van der Waals surface area (Å²) >= 11 is 4.86. The van der Waals surface area contributed by atoms with Gasteiger partial charge in [0.1, 0.15) is 10.7 Å². The number of alkyl halides is 3. The molecule has 0 saturated heterocycles. The number of fused-ring (bicyclic) bond motifs is 1. The van der Waals surface area contributed by atoms with Gasteiger partial charge in [-0.05, 0) is 31.2 Å². The Labute approximate surface area is 107 Å². The number of nitrogens with zero attached hydrogens (tertiary/aromatic N) is 1. The van der Waals surface area contributed by atoms with Crippen LogP contribution in [-0.2, 0) is 19.0 Å². The van der Waals surface area contributed by atoms with Crippen LogP contribution in [0.25, 0.3) is 0 Å². The molecule has 0 unspecified atom stereocenters. The normalized spacial score (nSPS) is 15.7. The SMILES string of the molecule is N#Cc1c(C(F)(F)F)c2c([nH]c1=S)CCCCC2. The summed E-state index contributed by atoms with van der Waals surface area (Å²) in [6.45, 7) is 0. The Bertz CT molecular complexity index is 566. The van der Waals surface area contributed by atoms with E-state index in [1.54, 1.807) is 6.07 Å². The fraction of sp³-hybridized carbons (Fsp3) is 0.500. The number of H-pyrrole nitrogens is 1. The van der Waals surface area contributed by atoms with Crippen LogP contribution in [0.2, 0.25) is 0 Å². The molecule has 6 heteroatoms. The van der Waals surface area contributed by atoms with Gasteiger partial charge < -0.3 is 4.98 Å². The molecule has 1 aliphatic carbocycles. The van der Waals surface area contributed by atoms with E-state index >= 15 is 0 Å². The zero-order chi connectivity index (χ0) is 13.3. The lowest BCUT2D eigenvalue weighted by Crippen LogP contribution is -2.15. The van der Waals surface area contributed by atoms with Gasteiger partial charge in [0.25, 0.3) is 0 Å². The van der Waals surface area contributed by atoms with Crippen LogP contribution in [0.15, 0.2) is 0 Å². The molecule has 1 heterocycles. The number of hydrogen-bond donors (Lipinski definition) is 1. The predicted molar refractivity (Wildman–Crippen MR) is 62.6 cm³/mol. The van der Waals surface area contributed by atoms with E-state index in [4.69, 9.17) is 17.5 Å². The molecule has 2 nitrogen and oxygen atoms in total. The van der Waals surface area contributed by atoms with Crippen molar-refractivity contribution in [3.8, 4) is 6.07 Å². The zero-order valence-electron chi connectivity index (χ0n) is 9.52. The van der Waals surface area contributed by atoms with Crippen LogP contribution in [0, 0.1) is 16.0 Å². The van der Waals surface area contributed by atoms with Gasteiger partial charge in [0.15, 0.2) is 0 Å². The standard InChI is InChI=1S/C12H11F3N2S/c13-12(14,15)10-7-4-2-1-3-5-9(7)17-11(18)8(10)6-16/h1-5H2,(H,17,18). The average molecular weight is 272 g/mol. The molecule has 0 atom stereocenters. The molecule has 1 N–H and O–H groups in total. The fourth-order valence-electron chi connectivity index (χ4n) is 2.38. The molecule has 1 aromatic rings. The molecule has 0 saturated carbocycles. The molecule has 0 aromatic carbocycles. The first-order valence-corrected chi connectivity index (χ1v) is 6.11. The number of aromatic nitrogens is 1. The highest BCUT2D eigenvalue weighted by Crippen LogP contribution is 2.37. The van der Waals surface area contributed by atoms with Crippen molar-refractivity contribution in [3.05, 3.63) is 27.0 Å². The zero-order valence-corrected chi connectivity index (χ0v) is 10.3. The van der Waals surface area contributed by atoms with Crippen LogP contribution in [-0.4, -0.2) is 4.98 Å². The van der Waals surface area contributed by atoms with Gasteiger partial charge in [-0.3, -0.25) is 0 Å². The highest BCUT2D eigenvalue weighted by atomic mass is 32.1. The highest BCUT2D eigenvalue weighted by molar-refractivity contribution is 7.71. The summed E-state index contributed by atoms with van der Waals surface area (Å²) in [5.41, 5.74) is -0.502.